The highest BCUT2D eigenvalue weighted by Gasteiger charge is 2.54. The van der Waals surface area contributed by atoms with Gasteiger partial charge in [0.15, 0.2) is 5.13 Å². The minimum atomic E-state index is -1.33. The van der Waals surface area contributed by atoms with E-state index < -0.39 is 5.60 Å². The number of amides is 1. The predicted molar refractivity (Wildman–Crippen MR) is 162 cm³/mol. The van der Waals surface area contributed by atoms with Crippen LogP contribution in [-0.4, -0.2) is 69.3 Å². The Bertz CT molecular complexity index is 1690. The highest BCUT2D eigenvalue weighted by molar-refractivity contribution is 7.16. The van der Waals surface area contributed by atoms with Crippen molar-refractivity contribution in [2.24, 2.45) is 5.41 Å². The van der Waals surface area contributed by atoms with Gasteiger partial charge in [-0.2, -0.15) is 10.4 Å². The van der Waals surface area contributed by atoms with Gasteiger partial charge >= 0.3 is 0 Å². The molecule has 0 saturated carbocycles. The number of thiazole rings is 1. The average molecular weight is 570 g/mol. The molecule has 6 rings (SSSR count). The number of aliphatic hydroxyl groups is 1. The highest BCUT2D eigenvalue weighted by atomic mass is 32.1. The molecule has 0 radical (unpaired) electrons. The van der Waals surface area contributed by atoms with E-state index in [1.165, 1.54) is 11.3 Å². The maximum Gasteiger partial charge on any atom is 0.253 e. The zero-order valence-corrected chi connectivity index (χ0v) is 25.2. The van der Waals surface area contributed by atoms with Crippen LogP contribution in [0.4, 0.5) is 16.5 Å². The molecule has 212 valence electrons. The van der Waals surface area contributed by atoms with Crippen LogP contribution in [0.3, 0.4) is 0 Å². The molecule has 41 heavy (non-hydrogen) atoms. The molecule has 1 N–H and O–H groups in total. The van der Waals surface area contributed by atoms with E-state index in [0.717, 1.165) is 63.9 Å². The molecule has 2 aliphatic heterocycles. The van der Waals surface area contributed by atoms with Crippen molar-refractivity contribution in [3.63, 3.8) is 0 Å². The van der Waals surface area contributed by atoms with Crippen molar-refractivity contribution in [3.05, 3.63) is 58.2 Å². The Morgan fingerprint density at radius 3 is 2.49 bits per heavy atom. The molecule has 0 aliphatic carbocycles. The third kappa shape index (κ3) is 4.53. The first-order valence-electron chi connectivity index (χ1n) is 13.9. The van der Waals surface area contributed by atoms with Crippen molar-refractivity contribution in [2.75, 3.05) is 43.0 Å². The van der Waals surface area contributed by atoms with E-state index in [1.54, 1.807) is 18.7 Å². The smallest absolute Gasteiger partial charge is 0.253 e. The second-order valence-electron chi connectivity index (χ2n) is 12.1. The van der Waals surface area contributed by atoms with E-state index >= 15 is 0 Å². The van der Waals surface area contributed by atoms with Crippen molar-refractivity contribution in [1.29, 1.82) is 5.26 Å². The Balaban J connectivity index is 1.30. The molecule has 4 aromatic rings. The van der Waals surface area contributed by atoms with Gasteiger partial charge in [0.1, 0.15) is 22.2 Å². The number of benzene rings is 1. The monoisotopic (exact) mass is 569 g/mol. The number of hydrogen-bond acceptors (Lipinski definition) is 8. The third-order valence-corrected chi connectivity index (χ3v) is 9.28. The fourth-order valence-electron chi connectivity index (χ4n) is 6.12. The highest BCUT2D eigenvalue weighted by Crippen LogP contribution is 2.45. The average Bonchev–Trinajstić information content (AvgIpc) is 3.47. The molecule has 2 saturated heterocycles. The number of carbonyl (C=O) groups excluding carboxylic acids is 1. The summed E-state index contributed by atoms with van der Waals surface area (Å²) in [5.74, 6) is -0.203. The lowest BCUT2D eigenvalue weighted by atomic mass is 9.72. The van der Waals surface area contributed by atoms with Crippen molar-refractivity contribution >= 4 is 39.3 Å². The first-order valence-corrected chi connectivity index (χ1v) is 14.7. The molecule has 1 aromatic carbocycles. The summed E-state index contributed by atoms with van der Waals surface area (Å²) in [6.45, 7) is 12.5. The molecule has 2 fully saturated rings. The second-order valence-corrected chi connectivity index (χ2v) is 13.1. The first-order chi connectivity index (χ1) is 19.4. The molecule has 9 nitrogen and oxygen atoms in total. The summed E-state index contributed by atoms with van der Waals surface area (Å²) in [5.41, 5.74) is 6.80. The Hall–Kier alpha value is -3.94. The minimum Gasteiger partial charge on any atom is -0.381 e. The molecule has 5 heterocycles. The SMILES string of the molecule is CCc1nn2cc(C)c(N3CC4(CN(C(=O)C(C)(C)O)C4)C3)cc2c1N(C)c1nc(-c2ccc(C)cc2)c(C#N)s1. The van der Waals surface area contributed by atoms with Crippen LogP contribution in [0.2, 0.25) is 0 Å². The topological polar surface area (TPSA) is 101 Å². The van der Waals surface area contributed by atoms with Gasteiger partial charge in [0.25, 0.3) is 5.91 Å². The lowest BCUT2D eigenvalue weighted by Gasteiger charge is -2.61. The van der Waals surface area contributed by atoms with E-state index in [9.17, 15) is 15.2 Å². The number of likely N-dealkylation sites (tertiary alicyclic amines) is 1. The Labute approximate surface area is 244 Å². The molecular formula is C31H35N7O2S. The summed E-state index contributed by atoms with van der Waals surface area (Å²) < 4.78 is 1.95. The lowest BCUT2D eigenvalue weighted by molar-refractivity contribution is -0.162. The minimum absolute atomic E-state index is 0.0921. The third-order valence-electron chi connectivity index (χ3n) is 8.24. The number of aryl methyl sites for hydroxylation is 3. The molecule has 0 unspecified atom stereocenters. The van der Waals surface area contributed by atoms with Crippen molar-refractivity contribution in [3.8, 4) is 17.3 Å². The van der Waals surface area contributed by atoms with Gasteiger partial charge in [0.05, 0.1) is 16.9 Å². The van der Waals surface area contributed by atoms with Gasteiger partial charge in [0.2, 0.25) is 0 Å². The zero-order chi connectivity index (χ0) is 29.3. The lowest BCUT2D eigenvalue weighted by Crippen LogP contribution is -2.74. The van der Waals surface area contributed by atoms with Gasteiger partial charge in [0, 0.05) is 56.1 Å². The van der Waals surface area contributed by atoms with Crippen LogP contribution in [0.5, 0.6) is 0 Å². The predicted octanol–water partition coefficient (Wildman–Crippen LogP) is 4.70. The van der Waals surface area contributed by atoms with Crippen LogP contribution in [0, 0.1) is 30.6 Å². The van der Waals surface area contributed by atoms with Crippen LogP contribution in [0.1, 0.15) is 42.5 Å². The van der Waals surface area contributed by atoms with Crippen LogP contribution < -0.4 is 9.80 Å². The summed E-state index contributed by atoms with van der Waals surface area (Å²) in [6, 6.07) is 12.6. The maximum atomic E-state index is 12.4. The summed E-state index contributed by atoms with van der Waals surface area (Å²) in [7, 11) is 2.00. The number of fused-ring (bicyclic) bond motifs is 1. The molecule has 1 amide bonds. The normalized spacial score (nSPS) is 16.0. The molecule has 1 spiro atoms. The second kappa shape index (κ2) is 9.57. The van der Waals surface area contributed by atoms with Crippen LogP contribution in [0.15, 0.2) is 36.5 Å². The van der Waals surface area contributed by atoms with Gasteiger partial charge in [-0.25, -0.2) is 9.50 Å². The van der Waals surface area contributed by atoms with E-state index in [1.807, 2.05) is 42.8 Å². The number of hydrogen-bond donors (Lipinski definition) is 1. The van der Waals surface area contributed by atoms with Crippen LogP contribution >= 0.6 is 11.3 Å². The van der Waals surface area contributed by atoms with E-state index in [4.69, 9.17) is 10.1 Å². The molecular weight excluding hydrogens is 534 g/mol. The van der Waals surface area contributed by atoms with Crippen molar-refractivity contribution in [2.45, 2.75) is 46.6 Å². The Kier molecular flexibility index (Phi) is 6.36. The first kappa shape index (κ1) is 27.2. The van der Waals surface area contributed by atoms with Gasteiger partial charge < -0.3 is 19.8 Å². The molecule has 3 aromatic heterocycles. The van der Waals surface area contributed by atoms with Crippen molar-refractivity contribution < 1.29 is 9.90 Å². The standard InChI is InChI=1S/C31H35N7O2S/c1-7-22-27(35(6)29-33-26(25(13-32)41-29)21-10-8-19(2)9-11-21)24-12-23(20(3)14-38(24)34-22)36-15-31(16-36)17-37(18-31)28(39)30(4,5)40/h8-12,14,40H,7,15-18H2,1-6H3. The number of aromatic nitrogens is 3. The van der Waals surface area contributed by atoms with Crippen LogP contribution in [0.25, 0.3) is 16.8 Å². The molecule has 2 aliphatic rings. The summed E-state index contributed by atoms with van der Waals surface area (Å²) >= 11 is 1.39. The number of nitriles is 1. The fourth-order valence-corrected chi connectivity index (χ4v) is 6.97. The van der Waals surface area contributed by atoms with Gasteiger partial charge in [-0.1, -0.05) is 48.1 Å². The number of nitrogens with zero attached hydrogens (tertiary/aromatic N) is 7. The van der Waals surface area contributed by atoms with Gasteiger partial charge in [-0.3, -0.25) is 4.79 Å². The Morgan fingerprint density at radius 1 is 1.20 bits per heavy atom. The van der Waals surface area contributed by atoms with Gasteiger partial charge in [-0.05, 0) is 45.7 Å². The number of pyridine rings is 1. The van der Waals surface area contributed by atoms with E-state index in [-0.39, 0.29) is 11.3 Å². The number of rotatable bonds is 6. The largest absolute Gasteiger partial charge is 0.381 e. The van der Waals surface area contributed by atoms with E-state index in [2.05, 4.69) is 42.0 Å². The summed E-state index contributed by atoms with van der Waals surface area (Å²) in [6.07, 6.45) is 2.84. The maximum absolute atomic E-state index is 12.4. The number of anilines is 3. The summed E-state index contributed by atoms with van der Waals surface area (Å²) in [5, 5.41) is 25.6. The van der Waals surface area contributed by atoms with Crippen LogP contribution in [-0.2, 0) is 11.2 Å². The van der Waals surface area contributed by atoms with E-state index in [0.29, 0.717) is 23.7 Å². The quantitative estimate of drug-likeness (QED) is 0.359. The fraction of sp³-hybridized carbons (Fsp3) is 0.419. The summed E-state index contributed by atoms with van der Waals surface area (Å²) in [4.78, 5) is 24.1. The zero-order valence-electron chi connectivity index (χ0n) is 24.4. The molecule has 10 heteroatoms. The molecule has 0 bridgehead atoms. The van der Waals surface area contributed by atoms with Gasteiger partial charge in [-0.15, -0.1) is 0 Å². The Morgan fingerprint density at radius 2 is 1.88 bits per heavy atom. The molecule has 0 atom stereocenters. The number of carbonyl (C=O) groups is 1. The van der Waals surface area contributed by atoms with Crippen molar-refractivity contribution in [1.82, 2.24) is 19.5 Å².